The molecule has 0 spiro atoms. The number of aryl methyl sites for hydroxylation is 1. The Bertz CT molecular complexity index is 512. The molecule has 0 aliphatic heterocycles. The van der Waals surface area contributed by atoms with Gasteiger partial charge in [-0.05, 0) is 35.9 Å². The summed E-state index contributed by atoms with van der Waals surface area (Å²) in [6.45, 7) is 2.20. The number of H-pyrrole nitrogens is 1. The Hall–Kier alpha value is -1.35. The zero-order valence-electron chi connectivity index (χ0n) is 9.32. The second kappa shape index (κ2) is 5.12. The zero-order valence-corrected chi connectivity index (χ0v) is 10.1. The highest BCUT2D eigenvalue weighted by atomic mass is 32.1. The molecule has 0 fully saturated rings. The van der Waals surface area contributed by atoms with Crippen molar-refractivity contribution in [2.45, 2.75) is 26.2 Å². The van der Waals surface area contributed by atoms with Crippen molar-refractivity contribution in [3.05, 3.63) is 45.6 Å². The number of rotatable bonds is 4. The maximum Gasteiger partial charge on any atom is 0.248 e. The predicted octanol–water partition coefficient (Wildman–Crippen LogP) is 3.45. The Kier molecular flexibility index (Phi) is 3.57. The molecule has 0 saturated carbocycles. The number of aromatic nitrogens is 1. The van der Waals surface area contributed by atoms with E-state index < -0.39 is 0 Å². The molecule has 1 N–H and O–H groups in total. The fourth-order valence-electron chi connectivity index (χ4n) is 1.62. The molecule has 2 rings (SSSR count). The molecule has 0 bridgehead atoms. The number of pyridine rings is 1. The first-order chi connectivity index (χ1) is 7.79. The van der Waals surface area contributed by atoms with Gasteiger partial charge in [-0.3, -0.25) is 4.79 Å². The Morgan fingerprint density at radius 2 is 2.25 bits per heavy atom. The fraction of sp³-hybridized carbons (Fsp3) is 0.308. The van der Waals surface area contributed by atoms with Gasteiger partial charge in [0.05, 0.1) is 10.6 Å². The predicted molar refractivity (Wildman–Crippen MR) is 69.0 cm³/mol. The molecule has 0 radical (unpaired) electrons. The average molecular weight is 233 g/mol. The summed E-state index contributed by atoms with van der Waals surface area (Å²) in [4.78, 5) is 15.2. The van der Waals surface area contributed by atoms with Crippen LogP contribution in [0.5, 0.6) is 0 Å². The molecule has 0 aliphatic rings. The highest BCUT2D eigenvalue weighted by Crippen LogP contribution is 2.25. The van der Waals surface area contributed by atoms with Gasteiger partial charge in [0, 0.05) is 6.07 Å². The van der Waals surface area contributed by atoms with E-state index in [1.807, 2.05) is 6.07 Å². The van der Waals surface area contributed by atoms with Gasteiger partial charge in [0.2, 0.25) is 5.56 Å². The molecule has 84 valence electrons. The van der Waals surface area contributed by atoms with Gasteiger partial charge in [0.15, 0.2) is 0 Å². The minimum Gasteiger partial charge on any atom is -0.321 e. The van der Waals surface area contributed by atoms with E-state index in [4.69, 9.17) is 0 Å². The van der Waals surface area contributed by atoms with Crippen molar-refractivity contribution >= 4 is 11.3 Å². The van der Waals surface area contributed by atoms with Crippen molar-refractivity contribution in [2.75, 3.05) is 0 Å². The lowest BCUT2D eigenvalue weighted by atomic mass is 10.1. The quantitative estimate of drug-likeness (QED) is 0.862. The molecule has 2 aromatic rings. The lowest BCUT2D eigenvalue weighted by molar-refractivity contribution is 0.797. The lowest BCUT2D eigenvalue weighted by Gasteiger charge is -1.95. The van der Waals surface area contributed by atoms with Crippen LogP contribution in [0.3, 0.4) is 0 Å². The summed E-state index contributed by atoms with van der Waals surface area (Å²) in [6.07, 6.45) is 3.57. The van der Waals surface area contributed by atoms with Crippen molar-refractivity contribution in [3.63, 3.8) is 0 Å². The van der Waals surface area contributed by atoms with E-state index in [1.165, 1.54) is 24.5 Å². The minimum absolute atomic E-state index is 0.0407. The lowest BCUT2D eigenvalue weighted by Crippen LogP contribution is -2.02. The van der Waals surface area contributed by atoms with Crippen LogP contribution in [0.25, 0.3) is 10.6 Å². The molecular formula is C13H15NOS. The van der Waals surface area contributed by atoms with E-state index >= 15 is 0 Å². The van der Waals surface area contributed by atoms with Crippen molar-refractivity contribution in [2.24, 2.45) is 0 Å². The topological polar surface area (TPSA) is 32.9 Å². The summed E-state index contributed by atoms with van der Waals surface area (Å²) in [7, 11) is 0. The molecule has 2 heterocycles. The van der Waals surface area contributed by atoms with Crippen molar-refractivity contribution < 1.29 is 0 Å². The van der Waals surface area contributed by atoms with Crippen molar-refractivity contribution in [1.82, 2.24) is 4.98 Å². The standard InChI is InChI=1S/C13H15NOS/c1-2-3-5-10-8-12(16-9-10)11-6-4-7-13(15)14-11/h4,6-9H,2-3,5H2,1H3,(H,14,15). The Labute approximate surface area is 99.0 Å². The second-order valence-corrected chi connectivity index (χ2v) is 4.76. The van der Waals surface area contributed by atoms with Crippen LogP contribution in [0.1, 0.15) is 25.3 Å². The van der Waals surface area contributed by atoms with Gasteiger partial charge in [-0.25, -0.2) is 0 Å². The van der Waals surface area contributed by atoms with Crippen LogP contribution in [-0.4, -0.2) is 4.98 Å². The van der Waals surface area contributed by atoms with Gasteiger partial charge in [-0.2, -0.15) is 0 Å². The molecule has 2 nitrogen and oxygen atoms in total. The van der Waals surface area contributed by atoms with Crippen LogP contribution in [0.2, 0.25) is 0 Å². The molecular weight excluding hydrogens is 218 g/mol. The van der Waals surface area contributed by atoms with Gasteiger partial charge in [0.1, 0.15) is 0 Å². The molecule has 16 heavy (non-hydrogen) atoms. The monoisotopic (exact) mass is 233 g/mol. The molecule has 0 amide bonds. The number of aromatic amines is 1. The van der Waals surface area contributed by atoms with Gasteiger partial charge < -0.3 is 4.98 Å². The summed E-state index contributed by atoms with van der Waals surface area (Å²) < 4.78 is 0. The first-order valence-corrected chi connectivity index (χ1v) is 6.44. The van der Waals surface area contributed by atoms with Crippen molar-refractivity contribution in [1.29, 1.82) is 0 Å². The molecule has 0 saturated heterocycles. The van der Waals surface area contributed by atoms with Crippen molar-refractivity contribution in [3.8, 4) is 10.6 Å². The zero-order chi connectivity index (χ0) is 11.4. The van der Waals surface area contributed by atoms with E-state index in [0.717, 1.165) is 17.0 Å². The third kappa shape index (κ3) is 2.61. The number of thiophene rings is 1. The van der Waals surface area contributed by atoms with Crippen LogP contribution < -0.4 is 5.56 Å². The summed E-state index contributed by atoms with van der Waals surface area (Å²) in [6, 6.07) is 7.44. The number of nitrogens with one attached hydrogen (secondary N) is 1. The van der Waals surface area contributed by atoms with Crippen LogP contribution in [0, 0.1) is 0 Å². The molecule has 2 aromatic heterocycles. The number of hydrogen-bond donors (Lipinski definition) is 1. The molecule has 0 aliphatic carbocycles. The maximum atomic E-state index is 11.2. The summed E-state index contributed by atoms with van der Waals surface area (Å²) in [5.41, 5.74) is 2.24. The van der Waals surface area contributed by atoms with E-state index in [2.05, 4.69) is 23.4 Å². The summed E-state index contributed by atoms with van der Waals surface area (Å²) in [5.74, 6) is 0. The Morgan fingerprint density at radius 1 is 1.38 bits per heavy atom. The minimum atomic E-state index is -0.0407. The largest absolute Gasteiger partial charge is 0.321 e. The molecule has 0 atom stereocenters. The first kappa shape index (κ1) is 11.1. The number of hydrogen-bond acceptors (Lipinski definition) is 2. The summed E-state index contributed by atoms with van der Waals surface area (Å²) in [5, 5.41) is 2.18. The van der Waals surface area contributed by atoms with Crippen LogP contribution in [0.15, 0.2) is 34.4 Å². The maximum absolute atomic E-state index is 11.2. The van der Waals surface area contributed by atoms with E-state index in [9.17, 15) is 4.79 Å². The normalized spacial score (nSPS) is 10.6. The Morgan fingerprint density at radius 3 is 3.00 bits per heavy atom. The molecule has 3 heteroatoms. The highest BCUT2D eigenvalue weighted by Gasteiger charge is 2.02. The highest BCUT2D eigenvalue weighted by molar-refractivity contribution is 7.13. The number of unbranched alkanes of at least 4 members (excludes halogenated alkanes) is 1. The van der Waals surface area contributed by atoms with Crippen LogP contribution in [0.4, 0.5) is 0 Å². The third-order valence-electron chi connectivity index (χ3n) is 2.51. The van der Waals surface area contributed by atoms with Crippen LogP contribution in [-0.2, 0) is 6.42 Å². The van der Waals surface area contributed by atoms with Gasteiger partial charge >= 0.3 is 0 Å². The summed E-state index contributed by atoms with van der Waals surface area (Å²) >= 11 is 1.69. The smallest absolute Gasteiger partial charge is 0.248 e. The fourth-order valence-corrected chi connectivity index (χ4v) is 2.55. The SMILES string of the molecule is CCCCc1csc(-c2cccc(=O)[nH]2)c1. The van der Waals surface area contributed by atoms with E-state index in [0.29, 0.717) is 0 Å². The van der Waals surface area contributed by atoms with Gasteiger partial charge in [-0.1, -0.05) is 19.4 Å². The average Bonchev–Trinajstić information content (AvgIpc) is 2.75. The first-order valence-electron chi connectivity index (χ1n) is 5.56. The molecule has 0 unspecified atom stereocenters. The third-order valence-corrected chi connectivity index (χ3v) is 3.52. The van der Waals surface area contributed by atoms with Gasteiger partial charge in [0.25, 0.3) is 0 Å². The van der Waals surface area contributed by atoms with E-state index in [1.54, 1.807) is 17.4 Å². The van der Waals surface area contributed by atoms with Crippen LogP contribution >= 0.6 is 11.3 Å². The second-order valence-electron chi connectivity index (χ2n) is 3.85. The molecule has 0 aromatic carbocycles. The van der Waals surface area contributed by atoms with Gasteiger partial charge in [-0.15, -0.1) is 11.3 Å². The van der Waals surface area contributed by atoms with E-state index in [-0.39, 0.29) is 5.56 Å². The Balaban J connectivity index is 2.21.